The first-order valence-electron chi connectivity index (χ1n) is 41.9. The Morgan fingerprint density at radius 2 is 0.589 bits per heavy atom. The summed E-state index contributed by atoms with van der Waals surface area (Å²) in [6.45, 7) is 18.5. The fraction of sp³-hybridized carbons (Fsp3) is 0.154. The van der Waals surface area contributed by atoms with Crippen LogP contribution in [0.1, 0.15) is 105 Å². The van der Waals surface area contributed by atoms with Gasteiger partial charge in [0.15, 0.2) is 0 Å². The summed E-state index contributed by atoms with van der Waals surface area (Å²) in [6.07, 6.45) is 9.71. The normalized spacial score (nSPS) is 12.2. The average Bonchev–Trinajstić information content (AvgIpc) is 1.61. The van der Waals surface area contributed by atoms with Crippen molar-refractivity contribution in [2.75, 3.05) is 14.2 Å². The molecule has 4 N–H and O–H groups in total. The lowest BCUT2D eigenvalue weighted by atomic mass is 9.87. The van der Waals surface area contributed by atoms with Crippen molar-refractivity contribution in [3.63, 3.8) is 0 Å². The molecule has 0 aliphatic heterocycles. The minimum atomic E-state index is -3.84. The predicted molar refractivity (Wildman–Crippen MR) is 526 cm³/mol. The van der Waals surface area contributed by atoms with Gasteiger partial charge in [-0.15, -0.1) is 0 Å². The zero-order chi connectivity index (χ0) is 90.9. The molecule has 20 aromatic rings. The number of rotatable bonds is 18. The van der Waals surface area contributed by atoms with Crippen LogP contribution in [0.5, 0.6) is 11.5 Å². The Hall–Kier alpha value is -12.6. The Morgan fingerprint density at radius 1 is 0.318 bits per heavy atom. The number of aromatic nitrogens is 8. The largest absolute Gasteiger partial charge is 0.497 e. The van der Waals surface area contributed by atoms with E-state index in [1.54, 1.807) is 103 Å². The van der Waals surface area contributed by atoms with E-state index in [-0.39, 0.29) is 20.1 Å². The van der Waals surface area contributed by atoms with Crippen LogP contribution in [0, 0.1) is 41.5 Å². The molecule has 8 aromatic heterocycles. The van der Waals surface area contributed by atoms with Crippen molar-refractivity contribution in [2.24, 2.45) is 0 Å². The van der Waals surface area contributed by atoms with Crippen molar-refractivity contribution in [1.82, 2.24) is 35.8 Å². The summed E-state index contributed by atoms with van der Waals surface area (Å²) >= 11 is 16.0. The number of para-hydroxylation sites is 6. The summed E-state index contributed by atoms with van der Waals surface area (Å²) < 4.78 is 128. The number of fused-ring (bicyclic) bond motifs is 8. The lowest BCUT2D eigenvalue weighted by Gasteiger charge is -2.19. The van der Waals surface area contributed by atoms with E-state index >= 15 is 0 Å². The summed E-state index contributed by atoms with van der Waals surface area (Å²) in [6, 6.07) is 81.5. The maximum Gasteiger partial charge on any atom is 0.268 e. The Morgan fingerprint density at radius 3 is 0.899 bits per heavy atom. The molecule has 12 aromatic carbocycles. The predicted octanol–water partition coefficient (Wildman–Crippen LogP) is 25.0. The Labute approximate surface area is 768 Å². The molecule has 0 radical (unpaired) electrons. The van der Waals surface area contributed by atoms with Crippen LogP contribution in [0.2, 0.25) is 10.0 Å². The molecule has 0 atom stereocenters. The number of H-pyrrole nitrogens is 4. The van der Waals surface area contributed by atoms with Crippen LogP contribution in [-0.4, -0.2) is 83.7 Å². The number of benzene rings is 12. The van der Waals surface area contributed by atoms with Crippen LogP contribution >= 0.6 is 39.1 Å². The third kappa shape index (κ3) is 16.3. The standard InChI is InChI=1S/C29H30N2O2S.C26H24N2O3S.C25H21ClN2O3S.C24H18BrClN2O2S/c1-19-9-8-11-25-28(19)21(18-30-25)17-27-20(2)24-10-6-7-12-26(24)31(27)34(32,33)23-15-13-22(14-16-23)29(3,4)5;1-17-7-6-9-23-26(17)19(16-27-23)15-25-18(2)22-8-4-5-10-24(22)28(25)32(29,30)21-13-11-20(31-3)12-14-21;1-16-20-6-3-4-9-23(20)28(32(29,30)19-12-10-18(31-2)11-13-19)24(16)14-17-15-27-25-21(17)7-5-8-22(25)26;1-15-19-5-2-3-8-22(19)28(31(29,30)18-11-9-17(25)10-12-18)23(15)13-16-14-27-24-20(16)6-4-7-21(24)26/h6-16,18,30H,17H2,1-5H3;4-14,16,27H,15H2,1-3H3;3-13,15,27H,14H2,1-2H3;2-12,14,27H,13H2,1H3. The SMILES string of the molecule is COc1ccc(S(=O)(=O)n2c(Cc3c[nH]c4c(Cl)cccc34)c(C)c3ccccc32)cc1.COc1ccc(S(=O)(=O)n2c(Cc3c[nH]c4cccc(C)c34)c(C)c3ccccc32)cc1.Cc1c(Cc2c[nH]c3c(Cl)cccc23)n(S(=O)(=O)c2ccc(Br)cc2)c2ccccc12.Cc1c(Cc2c[nH]c3cccc(C)c23)n(S(=O)(=O)c2ccc(C(C)(C)C)cc2)c2ccccc12. The van der Waals surface area contributed by atoms with Crippen LogP contribution < -0.4 is 9.47 Å². The molecule has 20 rings (SSSR count). The highest BCUT2D eigenvalue weighted by Crippen LogP contribution is 2.41. The van der Waals surface area contributed by atoms with Gasteiger partial charge in [0.25, 0.3) is 40.1 Å². The molecule has 0 aliphatic carbocycles. The van der Waals surface area contributed by atoms with Crippen molar-refractivity contribution in [1.29, 1.82) is 0 Å². The number of methoxy groups -OCH3 is 2. The van der Waals surface area contributed by atoms with Crippen molar-refractivity contribution in [3.8, 4) is 11.5 Å². The molecule has 25 heteroatoms. The maximum absolute atomic E-state index is 14.1. The summed E-state index contributed by atoms with van der Waals surface area (Å²) in [5.74, 6) is 1.22. The molecule has 0 bridgehead atoms. The van der Waals surface area contributed by atoms with Crippen LogP contribution in [0.4, 0.5) is 0 Å². The molecule has 0 spiro atoms. The van der Waals surface area contributed by atoms with Crippen LogP contribution in [0.3, 0.4) is 0 Å². The quantitative estimate of drug-likeness (QED) is 0.0634. The van der Waals surface area contributed by atoms with Crippen molar-refractivity contribution in [2.45, 2.75) is 113 Å². The molecule has 0 fully saturated rings. The zero-order valence-electron chi connectivity index (χ0n) is 72.7. The molecule has 129 heavy (non-hydrogen) atoms. The fourth-order valence-corrected chi connectivity index (χ4v) is 24.9. The van der Waals surface area contributed by atoms with Gasteiger partial charge in [-0.05, 0) is 242 Å². The molecule has 0 amide bonds. The topological polar surface area (TPSA) is 238 Å². The third-order valence-corrected chi connectivity index (χ3v) is 32.8. The fourth-order valence-electron chi connectivity index (χ4n) is 17.8. The van der Waals surface area contributed by atoms with Crippen molar-refractivity contribution in [3.05, 3.63) is 390 Å². The number of ether oxygens (including phenoxy) is 2. The molecule has 18 nitrogen and oxygen atoms in total. The molecule has 0 saturated heterocycles. The van der Waals surface area contributed by atoms with Gasteiger partial charge >= 0.3 is 0 Å². The summed E-state index contributed by atoms with van der Waals surface area (Å²) in [4.78, 5) is 14.1. The number of hydrogen-bond donors (Lipinski definition) is 4. The smallest absolute Gasteiger partial charge is 0.268 e. The van der Waals surface area contributed by atoms with Crippen molar-refractivity contribution < 1.29 is 43.1 Å². The maximum atomic E-state index is 14.1. The molecular weight excluding hydrogens is 1800 g/mol. The van der Waals surface area contributed by atoms with E-state index < -0.39 is 40.1 Å². The van der Waals surface area contributed by atoms with E-state index in [0.717, 1.165) is 148 Å². The number of aryl methyl sites for hydroxylation is 6. The summed E-state index contributed by atoms with van der Waals surface area (Å²) in [5.41, 5.74) is 21.0. The lowest BCUT2D eigenvalue weighted by Crippen LogP contribution is -2.17. The van der Waals surface area contributed by atoms with Crippen LogP contribution in [0.25, 0.3) is 87.2 Å². The highest BCUT2D eigenvalue weighted by Gasteiger charge is 2.33. The second kappa shape index (κ2) is 35.1. The van der Waals surface area contributed by atoms with Gasteiger partial charge in [-0.25, -0.2) is 49.6 Å². The first kappa shape index (κ1) is 88.4. The summed E-state index contributed by atoms with van der Waals surface area (Å²) in [7, 11) is -12.1. The Balaban J connectivity index is 0.000000121. The van der Waals surface area contributed by atoms with Gasteiger partial charge in [-0.3, -0.25) is 0 Å². The highest BCUT2D eigenvalue weighted by atomic mass is 79.9. The van der Waals surface area contributed by atoms with Gasteiger partial charge in [0.05, 0.1) is 76.9 Å². The van der Waals surface area contributed by atoms with Gasteiger partial charge in [0, 0.05) is 132 Å². The van der Waals surface area contributed by atoms with E-state index in [1.165, 1.54) is 17.5 Å². The number of halogens is 3. The first-order chi connectivity index (χ1) is 61.8. The molecule has 0 aliphatic rings. The minimum Gasteiger partial charge on any atom is -0.497 e. The van der Waals surface area contributed by atoms with E-state index in [2.05, 4.69) is 88.7 Å². The molecular formula is C104H93BrCl2N8O10S4. The minimum absolute atomic E-state index is 0.0443. The lowest BCUT2D eigenvalue weighted by molar-refractivity contribution is 0.414. The number of hydrogen-bond acceptors (Lipinski definition) is 10. The van der Waals surface area contributed by atoms with E-state index in [4.69, 9.17) is 32.7 Å². The Bertz CT molecular complexity index is 8240. The summed E-state index contributed by atoms with van der Waals surface area (Å²) in [5, 5.41) is 9.30. The average molecular weight is 1890 g/mol. The highest BCUT2D eigenvalue weighted by molar-refractivity contribution is 9.10. The Kier molecular flexibility index (Phi) is 24.1. The molecule has 8 heterocycles. The molecule has 0 unspecified atom stereocenters. The molecule has 0 saturated carbocycles. The van der Waals surface area contributed by atoms with E-state index in [9.17, 15) is 33.7 Å². The third-order valence-electron chi connectivity index (χ3n) is 24.5. The van der Waals surface area contributed by atoms with E-state index in [0.29, 0.717) is 74.2 Å². The van der Waals surface area contributed by atoms with Gasteiger partial charge in [0.2, 0.25) is 0 Å². The van der Waals surface area contributed by atoms with Crippen LogP contribution in [0.15, 0.2) is 316 Å². The number of nitrogens with one attached hydrogen (secondary N) is 4. The first-order valence-corrected chi connectivity index (χ1v) is 49.2. The monoisotopic (exact) mass is 1890 g/mol. The van der Waals surface area contributed by atoms with Gasteiger partial charge < -0.3 is 29.4 Å². The number of nitrogens with zero attached hydrogens (tertiary/aromatic N) is 4. The number of aromatic amines is 4. The second-order valence-electron chi connectivity index (χ2n) is 33.3. The van der Waals surface area contributed by atoms with Crippen molar-refractivity contribution >= 4 is 166 Å². The molecule has 654 valence electrons. The van der Waals surface area contributed by atoms with E-state index in [1.807, 2.05) is 216 Å². The van der Waals surface area contributed by atoms with Crippen LogP contribution in [-0.2, 0) is 71.2 Å². The van der Waals surface area contributed by atoms with Gasteiger partial charge in [-0.1, -0.05) is 193 Å². The van der Waals surface area contributed by atoms with Gasteiger partial charge in [0.1, 0.15) is 11.5 Å². The zero-order valence-corrected chi connectivity index (χ0v) is 79.0. The second-order valence-corrected chi connectivity index (χ2v) is 42.2. The van der Waals surface area contributed by atoms with Gasteiger partial charge in [-0.2, -0.15) is 0 Å².